The number of aromatic nitrogens is 4. The molecular formula is C18H14N4O2. The summed E-state index contributed by atoms with van der Waals surface area (Å²) in [5, 5.41) is 0.549. The maximum Gasteiger partial charge on any atom is 0.261 e. The first-order chi connectivity index (χ1) is 11.6. The zero-order valence-electron chi connectivity index (χ0n) is 13.0. The van der Waals surface area contributed by atoms with E-state index in [1.807, 2.05) is 25.1 Å². The maximum atomic E-state index is 12.5. The lowest BCUT2D eigenvalue weighted by Crippen LogP contribution is -2.23. The Balaban J connectivity index is 1.84. The molecule has 0 unspecified atom stereocenters. The van der Waals surface area contributed by atoms with Gasteiger partial charge in [0.1, 0.15) is 5.65 Å². The van der Waals surface area contributed by atoms with Crippen molar-refractivity contribution in [2.45, 2.75) is 13.5 Å². The van der Waals surface area contributed by atoms with Gasteiger partial charge in [-0.1, -0.05) is 12.1 Å². The Morgan fingerprint density at radius 1 is 1.08 bits per heavy atom. The summed E-state index contributed by atoms with van der Waals surface area (Å²) in [4.78, 5) is 33.5. The van der Waals surface area contributed by atoms with Gasteiger partial charge in [0.05, 0.1) is 29.5 Å². The highest BCUT2D eigenvalue weighted by molar-refractivity contribution is 5.76. The van der Waals surface area contributed by atoms with Crippen LogP contribution in [0.25, 0.3) is 16.6 Å². The smallest absolute Gasteiger partial charge is 0.261 e. The molecule has 118 valence electrons. The molecule has 0 aliphatic heterocycles. The molecule has 0 spiro atoms. The van der Waals surface area contributed by atoms with Gasteiger partial charge in [-0.3, -0.25) is 18.6 Å². The second-order valence-corrected chi connectivity index (χ2v) is 5.71. The van der Waals surface area contributed by atoms with Crippen molar-refractivity contribution < 1.29 is 0 Å². The van der Waals surface area contributed by atoms with Gasteiger partial charge in [-0.2, -0.15) is 0 Å². The predicted octanol–water partition coefficient (Wildman–Crippen LogP) is 1.76. The van der Waals surface area contributed by atoms with Crippen molar-refractivity contribution in [1.82, 2.24) is 18.9 Å². The fourth-order valence-electron chi connectivity index (χ4n) is 2.73. The fraction of sp³-hybridized carbons (Fsp3) is 0.111. The number of hydrogen-bond donors (Lipinski definition) is 0. The van der Waals surface area contributed by atoms with Crippen LogP contribution in [-0.2, 0) is 6.54 Å². The molecule has 0 N–H and O–H groups in total. The van der Waals surface area contributed by atoms with Gasteiger partial charge in [0, 0.05) is 12.3 Å². The van der Waals surface area contributed by atoms with Gasteiger partial charge >= 0.3 is 0 Å². The number of para-hydroxylation sites is 1. The Bertz CT molecular complexity index is 1190. The molecule has 4 rings (SSSR count). The lowest BCUT2D eigenvalue weighted by atomic mass is 10.2. The summed E-state index contributed by atoms with van der Waals surface area (Å²) in [5.74, 6) is 0. The Hall–Kier alpha value is -3.28. The molecule has 0 bridgehead atoms. The van der Waals surface area contributed by atoms with Crippen LogP contribution < -0.4 is 11.1 Å². The van der Waals surface area contributed by atoms with Gasteiger partial charge in [0.2, 0.25) is 0 Å². The quantitative estimate of drug-likeness (QED) is 0.565. The molecule has 24 heavy (non-hydrogen) atoms. The van der Waals surface area contributed by atoms with E-state index in [1.54, 1.807) is 24.4 Å². The minimum atomic E-state index is -0.170. The van der Waals surface area contributed by atoms with Crippen molar-refractivity contribution >= 4 is 16.6 Å². The molecule has 1 aromatic carbocycles. The lowest BCUT2D eigenvalue weighted by Gasteiger charge is -2.08. The summed E-state index contributed by atoms with van der Waals surface area (Å²) < 4.78 is 2.95. The van der Waals surface area contributed by atoms with Crippen molar-refractivity contribution in [2.24, 2.45) is 0 Å². The van der Waals surface area contributed by atoms with E-state index in [1.165, 1.54) is 21.4 Å². The third-order valence-electron chi connectivity index (χ3n) is 3.94. The second kappa shape index (κ2) is 5.42. The van der Waals surface area contributed by atoms with Crippen molar-refractivity contribution in [3.63, 3.8) is 0 Å². The Kier molecular flexibility index (Phi) is 3.23. The summed E-state index contributed by atoms with van der Waals surface area (Å²) in [7, 11) is 0. The van der Waals surface area contributed by atoms with Crippen LogP contribution in [0, 0.1) is 6.92 Å². The second-order valence-electron chi connectivity index (χ2n) is 5.71. The van der Waals surface area contributed by atoms with Crippen molar-refractivity contribution in [1.29, 1.82) is 0 Å². The molecule has 6 heteroatoms. The summed E-state index contributed by atoms with van der Waals surface area (Å²) in [6, 6.07) is 12.3. The molecule has 0 saturated heterocycles. The average Bonchev–Trinajstić information content (AvgIpc) is 2.57. The minimum absolute atomic E-state index is 0.146. The topological polar surface area (TPSA) is 69.3 Å². The first-order valence-corrected chi connectivity index (χ1v) is 7.55. The summed E-state index contributed by atoms with van der Waals surface area (Å²) >= 11 is 0. The number of pyridine rings is 1. The van der Waals surface area contributed by atoms with Gasteiger partial charge in [0.25, 0.3) is 11.1 Å². The minimum Gasteiger partial charge on any atom is -0.293 e. The van der Waals surface area contributed by atoms with E-state index in [-0.39, 0.29) is 17.7 Å². The fourth-order valence-corrected chi connectivity index (χ4v) is 2.73. The van der Waals surface area contributed by atoms with Crippen LogP contribution >= 0.6 is 0 Å². The molecule has 0 atom stereocenters. The van der Waals surface area contributed by atoms with E-state index in [2.05, 4.69) is 9.97 Å². The van der Waals surface area contributed by atoms with E-state index >= 15 is 0 Å². The lowest BCUT2D eigenvalue weighted by molar-refractivity contribution is 0.726. The SMILES string of the molecule is Cc1ccn2c(=O)cc(Cn3cnc4ccccc4c3=O)nc2c1. The van der Waals surface area contributed by atoms with Gasteiger partial charge in [-0.15, -0.1) is 0 Å². The number of hydrogen-bond acceptors (Lipinski definition) is 4. The number of rotatable bonds is 2. The van der Waals surface area contributed by atoms with Crippen LogP contribution in [0.15, 0.2) is 64.6 Å². The molecule has 0 aliphatic carbocycles. The van der Waals surface area contributed by atoms with Gasteiger partial charge in [-0.05, 0) is 36.8 Å². The van der Waals surface area contributed by atoms with Gasteiger partial charge in [0.15, 0.2) is 0 Å². The van der Waals surface area contributed by atoms with Crippen LogP contribution in [-0.4, -0.2) is 18.9 Å². The van der Waals surface area contributed by atoms with E-state index in [0.29, 0.717) is 22.2 Å². The first kappa shape index (κ1) is 14.3. The zero-order valence-corrected chi connectivity index (χ0v) is 13.0. The Labute approximate surface area is 136 Å². The summed E-state index contributed by atoms with van der Waals surface area (Å²) in [5.41, 5.74) is 2.46. The van der Waals surface area contributed by atoms with Crippen LogP contribution in [0.4, 0.5) is 0 Å². The molecule has 3 aromatic heterocycles. The van der Waals surface area contributed by atoms with E-state index in [0.717, 1.165) is 5.56 Å². The van der Waals surface area contributed by atoms with Crippen LogP contribution in [0.5, 0.6) is 0 Å². The summed E-state index contributed by atoms with van der Waals surface area (Å²) in [6.07, 6.45) is 3.19. The molecule has 0 radical (unpaired) electrons. The van der Waals surface area contributed by atoms with Crippen molar-refractivity contribution in [3.05, 3.63) is 87.0 Å². The van der Waals surface area contributed by atoms with Crippen molar-refractivity contribution in [3.8, 4) is 0 Å². The van der Waals surface area contributed by atoms with E-state index in [9.17, 15) is 9.59 Å². The van der Waals surface area contributed by atoms with Crippen molar-refractivity contribution in [2.75, 3.05) is 0 Å². The number of aryl methyl sites for hydroxylation is 1. The number of fused-ring (bicyclic) bond motifs is 2. The van der Waals surface area contributed by atoms with E-state index < -0.39 is 0 Å². The Morgan fingerprint density at radius 3 is 2.79 bits per heavy atom. The zero-order chi connectivity index (χ0) is 16.7. The largest absolute Gasteiger partial charge is 0.293 e. The van der Waals surface area contributed by atoms with Crippen LogP contribution in [0.2, 0.25) is 0 Å². The highest BCUT2D eigenvalue weighted by Gasteiger charge is 2.07. The third-order valence-corrected chi connectivity index (χ3v) is 3.94. The standard InChI is InChI=1S/C18H14N4O2/c1-12-6-7-22-16(8-12)20-13(9-17(22)23)10-21-11-19-15-5-3-2-4-14(15)18(21)24/h2-9,11H,10H2,1H3. The third kappa shape index (κ3) is 2.38. The normalized spacial score (nSPS) is 11.2. The number of nitrogens with zero attached hydrogens (tertiary/aromatic N) is 4. The summed E-state index contributed by atoms with van der Waals surface area (Å²) in [6.45, 7) is 2.15. The molecule has 3 heterocycles. The average molecular weight is 318 g/mol. The first-order valence-electron chi connectivity index (χ1n) is 7.55. The molecule has 0 saturated carbocycles. The highest BCUT2D eigenvalue weighted by atomic mass is 16.1. The Morgan fingerprint density at radius 2 is 1.92 bits per heavy atom. The molecule has 0 amide bonds. The molecule has 4 aromatic rings. The van der Waals surface area contributed by atoms with Crippen LogP contribution in [0.3, 0.4) is 0 Å². The molecule has 0 fully saturated rings. The monoisotopic (exact) mass is 318 g/mol. The van der Waals surface area contributed by atoms with Gasteiger partial charge in [-0.25, -0.2) is 9.97 Å². The highest BCUT2D eigenvalue weighted by Crippen LogP contribution is 2.07. The molecule has 6 nitrogen and oxygen atoms in total. The predicted molar refractivity (Wildman–Crippen MR) is 91.3 cm³/mol. The maximum absolute atomic E-state index is 12.5. The molecular weight excluding hydrogens is 304 g/mol. The van der Waals surface area contributed by atoms with Crippen LogP contribution in [0.1, 0.15) is 11.3 Å². The molecule has 0 aliphatic rings. The van der Waals surface area contributed by atoms with Gasteiger partial charge < -0.3 is 0 Å². The van der Waals surface area contributed by atoms with E-state index in [4.69, 9.17) is 0 Å². The number of benzene rings is 1.